The minimum Gasteiger partial charge on any atom is -0.488 e. The Kier molecular flexibility index (Phi) is 10.0. The number of aromatic nitrogens is 2. The molecule has 1 aromatic heterocycles. The van der Waals surface area contributed by atoms with Crippen molar-refractivity contribution in [3.8, 4) is 5.75 Å². The van der Waals surface area contributed by atoms with Crippen molar-refractivity contribution in [2.24, 2.45) is 13.0 Å². The molecule has 0 saturated carbocycles. The molecule has 0 radical (unpaired) electrons. The Morgan fingerprint density at radius 3 is 2.68 bits per heavy atom. The summed E-state index contributed by atoms with van der Waals surface area (Å²) in [6.07, 6.45) is 2.54. The number of sulfonamides is 1. The van der Waals surface area contributed by atoms with Gasteiger partial charge in [-0.25, -0.2) is 13.4 Å². The third-order valence-electron chi connectivity index (χ3n) is 7.50. The summed E-state index contributed by atoms with van der Waals surface area (Å²) in [5.41, 5.74) is 0.674. The molecule has 1 saturated heterocycles. The maximum absolute atomic E-state index is 13.7. The fraction of sp³-hybridized carbons (Fsp3) is 0.593. The van der Waals surface area contributed by atoms with E-state index < -0.39 is 22.2 Å². The molecule has 3 atom stereocenters. The van der Waals surface area contributed by atoms with E-state index >= 15 is 0 Å². The molecule has 0 bridgehead atoms. The van der Waals surface area contributed by atoms with Crippen LogP contribution in [0.25, 0.3) is 0 Å². The number of anilines is 1. The molecular weight excluding hydrogens is 552 g/mol. The molecule has 1 fully saturated rings. The van der Waals surface area contributed by atoms with Crippen molar-refractivity contribution in [1.82, 2.24) is 23.7 Å². The third kappa shape index (κ3) is 7.43. The molecule has 0 unspecified atom stereocenters. The smallest absolute Gasteiger partial charge is 0.261 e. The summed E-state index contributed by atoms with van der Waals surface area (Å²) in [4.78, 5) is 34.1. The second-order valence-corrected chi connectivity index (χ2v) is 12.7. The number of hydrogen-bond donors (Lipinski definition) is 2. The number of morpholine rings is 1. The van der Waals surface area contributed by atoms with E-state index in [2.05, 4.69) is 15.2 Å². The number of ether oxygens (including phenoxy) is 2. The number of imidazole rings is 1. The first kappa shape index (κ1) is 30.9. The average Bonchev–Trinajstić information content (AvgIpc) is 3.41. The zero-order valence-corrected chi connectivity index (χ0v) is 24.8. The van der Waals surface area contributed by atoms with Gasteiger partial charge in [0.15, 0.2) is 5.03 Å². The summed E-state index contributed by atoms with van der Waals surface area (Å²) in [5, 5.41) is 12.7. The van der Waals surface area contributed by atoms with Crippen LogP contribution in [0.2, 0.25) is 0 Å². The van der Waals surface area contributed by atoms with Crippen molar-refractivity contribution in [1.29, 1.82) is 0 Å². The zero-order valence-electron chi connectivity index (χ0n) is 24.0. The molecule has 2 aliphatic rings. The van der Waals surface area contributed by atoms with Crippen molar-refractivity contribution in [2.75, 3.05) is 64.9 Å². The molecule has 14 heteroatoms. The van der Waals surface area contributed by atoms with Crippen molar-refractivity contribution in [3.63, 3.8) is 0 Å². The van der Waals surface area contributed by atoms with Crippen molar-refractivity contribution >= 4 is 27.5 Å². The number of hydrogen-bond acceptors (Lipinski definition) is 9. The lowest BCUT2D eigenvalue weighted by Crippen LogP contribution is -2.50. The van der Waals surface area contributed by atoms with Gasteiger partial charge in [-0.1, -0.05) is 6.92 Å². The van der Waals surface area contributed by atoms with Gasteiger partial charge in [0.25, 0.3) is 15.9 Å². The number of carbonyl (C=O) groups is 2. The van der Waals surface area contributed by atoms with E-state index in [0.717, 1.165) is 13.1 Å². The predicted molar refractivity (Wildman–Crippen MR) is 151 cm³/mol. The number of carbonyl (C=O) groups excluding carboxylic acids is 2. The SMILES string of the molecule is C[C@@H]1CN([C@H](C)CO)C(=O)c2cc(NC(=O)CCN3CCOCC3)ccc2O[C@@H]1CN(C)S(=O)(=O)c1cn(C)cn1. The maximum atomic E-state index is 13.7. The Bertz CT molecular complexity index is 1330. The summed E-state index contributed by atoms with van der Waals surface area (Å²) in [5.74, 6) is -0.520. The highest BCUT2D eigenvalue weighted by atomic mass is 32.2. The van der Waals surface area contributed by atoms with Crippen LogP contribution in [0.15, 0.2) is 35.7 Å². The minimum atomic E-state index is -3.88. The molecule has 2 N–H and O–H groups in total. The normalized spacial score (nSPS) is 21.1. The largest absolute Gasteiger partial charge is 0.488 e. The van der Waals surface area contributed by atoms with Gasteiger partial charge in [0, 0.05) is 64.5 Å². The highest BCUT2D eigenvalue weighted by Gasteiger charge is 2.35. The Morgan fingerprint density at radius 1 is 1.29 bits per heavy atom. The first-order valence-corrected chi connectivity index (χ1v) is 15.2. The summed E-state index contributed by atoms with van der Waals surface area (Å²) >= 11 is 0. The van der Waals surface area contributed by atoms with Crippen LogP contribution >= 0.6 is 0 Å². The standard InChI is InChI=1S/C27H40N6O7S/c1-19-14-33(20(2)17-34)27(36)22-13-21(29-25(35)7-8-32-9-11-39-12-10-32)5-6-23(22)40-24(19)15-31(4)41(37,38)26-16-30(3)18-28-26/h5-6,13,16,18-20,24,34H,7-12,14-15,17H2,1-4H3,(H,29,35)/t19-,20-,24-/m1/s1. The molecular formula is C27H40N6O7S. The summed E-state index contributed by atoms with van der Waals surface area (Å²) in [6.45, 7) is 7.12. The lowest BCUT2D eigenvalue weighted by molar-refractivity contribution is -0.116. The van der Waals surface area contributed by atoms with Gasteiger partial charge in [-0.15, -0.1) is 0 Å². The van der Waals surface area contributed by atoms with Gasteiger partial charge in [-0.05, 0) is 25.1 Å². The molecule has 0 aliphatic carbocycles. The molecule has 3 heterocycles. The van der Waals surface area contributed by atoms with E-state index in [9.17, 15) is 23.1 Å². The number of nitrogens with zero attached hydrogens (tertiary/aromatic N) is 5. The second-order valence-electron chi connectivity index (χ2n) is 10.7. The number of benzene rings is 1. The van der Waals surface area contributed by atoms with Crippen LogP contribution in [-0.2, 0) is 26.6 Å². The van der Waals surface area contributed by atoms with Crippen LogP contribution in [0.1, 0.15) is 30.6 Å². The van der Waals surface area contributed by atoms with E-state index in [1.165, 1.54) is 23.9 Å². The summed E-state index contributed by atoms with van der Waals surface area (Å²) in [7, 11) is -0.717. The first-order valence-electron chi connectivity index (χ1n) is 13.8. The molecule has 41 heavy (non-hydrogen) atoms. The van der Waals surface area contributed by atoms with Crippen LogP contribution in [0.4, 0.5) is 5.69 Å². The number of rotatable bonds is 10. The molecule has 2 amide bonds. The number of fused-ring (bicyclic) bond motifs is 1. The lowest BCUT2D eigenvalue weighted by Gasteiger charge is -2.38. The second kappa shape index (κ2) is 13.3. The molecule has 0 spiro atoms. The Labute approximate surface area is 241 Å². The lowest BCUT2D eigenvalue weighted by atomic mass is 9.99. The highest BCUT2D eigenvalue weighted by Crippen LogP contribution is 2.31. The van der Waals surface area contributed by atoms with Crippen LogP contribution in [0, 0.1) is 5.92 Å². The van der Waals surface area contributed by atoms with E-state index in [0.29, 0.717) is 31.9 Å². The number of amides is 2. The van der Waals surface area contributed by atoms with Crippen LogP contribution < -0.4 is 10.1 Å². The minimum absolute atomic E-state index is 0.00901. The number of aliphatic hydroxyl groups is 1. The third-order valence-corrected chi connectivity index (χ3v) is 9.21. The molecule has 4 rings (SSSR count). The van der Waals surface area contributed by atoms with Crippen LogP contribution in [0.5, 0.6) is 5.75 Å². The topological polar surface area (TPSA) is 147 Å². The summed E-state index contributed by atoms with van der Waals surface area (Å²) in [6, 6.07) is 4.36. The van der Waals surface area contributed by atoms with Gasteiger partial charge in [0.2, 0.25) is 5.91 Å². The van der Waals surface area contributed by atoms with Crippen LogP contribution in [0.3, 0.4) is 0 Å². The number of nitrogens with one attached hydrogen (secondary N) is 1. The molecule has 2 aliphatic heterocycles. The van der Waals surface area contributed by atoms with Gasteiger partial charge in [-0.2, -0.15) is 4.31 Å². The first-order chi connectivity index (χ1) is 19.5. The van der Waals surface area contributed by atoms with Crippen molar-refractivity contribution in [2.45, 2.75) is 37.4 Å². The van der Waals surface area contributed by atoms with E-state index in [1.807, 2.05) is 6.92 Å². The highest BCUT2D eigenvalue weighted by molar-refractivity contribution is 7.89. The van der Waals surface area contributed by atoms with Crippen LogP contribution in [-0.4, -0.2) is 121 Å². The monoisotopic (exact) mass is 592 g/mol. The van der Waals surface area contributed by atoms with Gasteiger partial charge in [0.05, 0.1) is 44.3 Å². The maximum Gasteiger partial charge on any atom is 0.261 e. The molecule has 1 aromatic carbocycles. The van der Waals surface area contributed by atoms with Gasteiger partial charge in [-0.3, -0.25) is 14.5 Å². The Hall–Kier alpha value is -3.04. The molecule has 13 nitrogen and oxygen atoms in total. The molecule has 2 aromatic rings. The quantitative estimate of drug-likeness (QED) is 0.405. The Balaban J connectivity index is 1.55. The average molecular weight is 593 g/mol. The van der Waals surface area contributed by atoms with Crippen molar-refractivity contribution in [3.05, 3.63) is 36.3 Å². The van der Waals surface area contributed by atoms with Gasteiger partial charge in [0.1, 0.15) is 11.9 Å². The number of likely N-dealkylation sites (N-methyl/N-ethyl adjacent to an activating group) is 1. The number of aliphatic hydroxyl groups excluding tert-OH is 1. The van der Waals surface area contributed by atoms with E-state index in [-0.39, 0.29) is 53.8 Å². The Morgan fingerprint density at radius 2 is 2.02 bits per heavy atom. The zero-order chi connectivity index (χ0) is 29.7. The fourth-order valence-corrected chi connectivity index (χ4v) is 6.00. The van der Waals surface area contributed by atoms with E-state index in [4.69, 9.17) is 9.47 Å². The molecule has 226 valence electrons. The van der Waals surface area contributed by atoms with Gasteiger partial charge < -0.3 is 29.4 Å². The fourth-order valence-electron chi connectivity index (χ4n) is 4.86. The van der Waals surface area contributed by atoms with E-state index in [1.54, 1.807) is 41.6 Å². The van der Waals surface area contributed by atoms with Gasteiger partial charge >= 0.3 is 0 Å². The number of aryl methyl sites for hydroxylation is 1. The summed E-state index contributed by atoms with van der Waals surface area (Å²) < 4.78 is 40.7. The van der Waals surface area contributed by atoms with Crippen molar-refractivity contribution < 1.29 is 32.6 Å². The predicted octanol–water partition coefficient (Wildman–Crippen LogP) is 0.622.